The summed E-state index contributed by atoms with van der Waals surface area (Å²) in [6, 6.07) is 46.9. The monoisotopic (exact) mass is 501 g/mol. The van der Waals surface area contributed by atoms with Crippen LogP contribution in [0.4, 0.5) is 0 Å². The summed E-state index contributed by atoms with van der Waals surface area (Å²) < 4.78 is 6.09. The number of hydrogen-bond donors (Lipinski definition) is 0. The lowest BCUT2D eigenvalue weighted by atomic mass is 10.0. The minimum atomic E-state index is 0.623. The van der Waals surface area contributed by atoms with Gasteiger partial charge in [0, 0.05) is 27.8 Å². The molecule has 0 atom stereocenters. The summed E-state index contributed by atoms with van der Waals surface area (Å²) >= 11 is 0. The van der Waals surface area contributed by atoms with E-state index in [-0.39, 0.29) is 0 Å². The number of aromatic nitrogens is 3. The van der Waals surface area contributed by atoms with E-state index in [2.05, 4.69) is 48.5 Å². The molecule has 0 aliphatic carbocycles. The second kappa shape index (κ2) is 9.84. The van der Waals surface area contributed by atoms with Crippen molar-refractivity contribution in [3.63, 3.8) is 0 Å². The van der Waals surface area contributed by atoms with E-state index >= 15 is 0 Å². The second-order valence-corrected chi connectivity index (χ2v) is 9.31. The Morgan fingerprint density at radius 1 is 0.410 bits per heavy atom. The fourth-order valence-corrected chi connectivity index (χ4v) is 4.77. The van der Waals surface area contributed by atoms with Crippen LogP contribution in [0, 0.1) is 0 Å². The molecule has 0 saturated carbocycles. The van der Waals surface area contributed by atoms with Gasteiger partial charge in [-0.2, -0.15) is 0 Å². The molecule has 0 fully saturated rings. The molecule has 0 aliphatic rings. The number of rotatable bonds is 5. The van der Waals surface area contributed by atoms with Crippen LogP contribution in [0.2, 0.25) is 0 Å². The van der Waals surface area contributed by atoms with Crippen LogP contribution in [0.1, 0.15) is 0 Å². The minimum absolute atomic E-state index is 0.623. The lowest BCUT2D eigenvalue weighted by molar-refractivity contribution is 0.620. The Morgan fingerprint density at radius 2 is 0.949 bits per heavy atom. The Kier molecular flexibility index (Phi) is 5.76. The van der Waals surface area contributed by atoms with Crippen molar-refractivity contribution in [1.82, 2.24) is 15.0 Å². The van der Waals surface area contributed by atoms with Gasteiger partial charge >= 0.3 is 0 Å². The van der Waals surface area contributed by atoms with Crippen molar-refractivity contribution in [3.05, 3.63) is 140 Å². The summed E-state index contributed by atoms with van der Waals surface area (Å²) in [5.74, 6) is 1.33. The fraction of sp³-hybridized carbons (Fsp3) is 0. The van der Waals surface area contributed by atoms with Crippen molar-refractivity contribution < 1.29 is 4.42 Å². The van der Waals surface area contributed by atoms with E-state index in [0.29, 0.717) is 11.7 Å². The first-order valence-corrected chi connectivity index (χ1v) is 12.9. The topological polar surface area (TPSA) is 51.8 Å². The average Bonchev–Trinajstić information content (AvgIpc) is 3.47. The molecular formula is C35H23N3O. The van der Waals surface area contributed by atoms with Crippen molar-refractivity contribution in [2.45, 2.75) is 0 Å². The number of hydrogen-bond acceptors (Lipinski definition) is 4. The molecule has 7 rings (SSSR count). The first-order valence-electron chi connectivity index (χ1n) is 12.9. The molecule has 0 aliphatic heterocycles. The van der Waals surface area contributed by atoms with E-state index in [1.165, 1.54) is 0 Å². The summed E-state index contributed by atoms with van der Waals surface area (Å²) in [5.41, 5.74) is 9.51. The standard InChI is InChI=1S/C35H23N3O/c1-4-11-25(12-5-1)30-23-31(37-34(36-30)27-13-6-2-7-14-27)26-21-19-24(20-22-26)29-17-10-18-32-33(29)38-35(39-32)28-15-8-3-9-16-28/h1-23H. The van der Waals surface area contributed by atoms with Gasteiger partial charge in [-0.1, -0.05) is 115 Å². The third kappa shape index (κ3) is 4.49. The molecule has 4 nitrogen and oxygen atoms in total. The van der Waals surface area contributed by atoms with Gasteiger partial charge in [-0.3, -0.25) is 0 Å². The Bertz CT molecular complexity index is 1820. The molecule has 4 heteroatoms. The molecule has 184 valence electrons. The van der Waals surface area contributed by atoms with Gasteiger partial charge in [0.1, 0.15) is 5.52 Å². The smallest absolute Gasteiger partial charge is 0.227 e. The van der Waals surface area contributed by atoms with Crippen molar-refractivity contribution >= 4 is 11.1 Å². The molecule has 0 spiro atoms. The lowest BCUT2D eigenvalue weighted by Gasteiger charge is -2.10. The predicted molar refractivity (Wildman–Crippen MR) is 157 cm³/mol. The minimum Gasteiger partial charge on any atom is -0.436 e. The van der Waals surface area contributed by atoms with E-state index in [1.54, 1.807) is 0 Å². The van der Waals surface area contributed by atoms with Gasteiger partial charge in [-0.25, -0.2) is 15.0 Å². The highest BCUT2D eigenvalue weighted by atomic mass is 16.3. The summed E-state index contributed by atoms with van der Waals surface area (Å²) in [4.78, 5) is 14.7. The van der Waals surface area contributed by atoms with Crippen LogP contribution in [-0.4, -0.2) is 15.0 Å². The van der Waals surface area contributed by atoms with E-state index < -0.39 is 0 Å². The molecule has 7 aromatic rings. The van der Waals surface area contributed by atoms with Crippen molar-refractivity contribution in [2.24, 2.45) is 0 Å². The van der Waals surface area contributed by atoms with Crippen molar-refractivity contribution in [3.8, 4) is 56.5 Å². The first kappa shape index (κ1) is 22.8. The molecule has 0 radical (unpaired) electrons. The van der Waals surface area contributed by atoms with Crippen LogP contribution in [0.25, 0.3) is 67.6 Å². The zero-order chi connectivity index (χ0) is 26.0. The summed E-state index contributed by atoms with van der Waals surface area (Å²) in [6.07, 6.45) is 0. The zero-order valence-corrected chi connectivity index (χ0v) is 21.0. The molecule has 0 N–H and O–H groups in total. The SMILES string of the molecule is c1ccc(-c2cc(-c3ccc(-c4cccc5oc(-c6ccccc6)nc45)cc3)nc(-c3ccccc3)n2)cc1. The van der Waals surface area contributed by atoms with Crippen LogP contribution in [0.15, 0.2) is 144 Å². The van der Waals surface area contributed by atoms with Gasteiger partial charge in [0.25, 0.3) is 0 Å². The summed E-state index contributed by atoms with van der Waals surface area (Å²) in [5, 5.41) is 0. The molecule has 0 saturated heterocycles. The Morgan fingerprint density at radius 3 is 1.59 bits per heavy atom. The van der Waals surface area contributed by atoms with Gasteiger partial charge in [-0.05, 0) is 29.8 Å². The highest BCUT2D eigenvalue weighted by molar-refractivity contribution is 5.92. The number of benzene rings is 5. The molecule has 0 amide bonds. The third-order valence-electron chi connectivity index (χ3n) is 6.76. The molecule has 0 bridgehead atoms. The molecular weight excluding hydrogens is 478 g/mol. The molecule has 2 aromatic heterocycles. The predicted octanol–water partition coefficient (Wildman–Crippen LogP) is 8.95. The molecule has 5 aromatic carbocycles. The summed E-state index contributed by atoms with van der Waals surface area (Å²) in [7, 11) is 0. The van der Waals surface area contributed by atoms with Crippen LogP contribution in [0.3, 0.4) is 0 Å². The van der Waals surface area contributed by atoms with Gasteiger partial charge in [0.05, 0.1) is 11.4 Å². The van der Waals surface area contributed by atoms with E-state index in [9.17, 15) is 0 Å². The van der Waals surface area contributed by atoms with Gasteiger partial charge in [0.2, 0.25) is 5.89 Å². The van der Waals surface area contributed by atoms with Gasteiger partial charge in [0.15, 0.2) is 11.4 Å². The Labute approximate surface area is 226 Å². The Balaban J connectivity index is 1.29. The molecule has 0 unspecified atom stereocenters. The van der Waals surface area contributed by atoms with Crippen LogP contribution < -0.4 is 0 Å². The van der Waals surface area contributed by atoms with E-state index in [4.69, 9.17) is 19.4 Å². The number of nitrogens with zero attached hydrogens (tertiary/aromatic N) is 3. The largest absolute Gasteiger partial charge is 0.436 e. The maximum absolute atomic E-state index is 6.09. The number of fused-ring (bicyclic) bond motifs is 1. The lowest BCUT2D eigenvalue weighted by Crippen LogP contribution is -1.95. The van der Waals surface area contributed by atoms with Crippen molar-refractivity contribution in [1.29, 1.82) is 0 Å². The first-order chi connectivity index (χ1) is 19.3. The maximum Gasteiger partial charge on any atom is 0.227 e. The van der Waals surface area contributed by atoms with Gasteiger partial charge < -0.3 is 4.42 Å². The number of oxazole rings is 1. The van der Waals surface area contributed by atoms with Crippen molar-refractivity contribution in [2.75, 3.05) is 0 Å². The Hall–Kier alpha value is -5.35. The average molecular weight is 502 g/mol. The van der Waals surface area contributed by atoms with Gasteiger partial charge in [-0.15, -0.1) is 0 Å². The highest BCUT2D eigenvalue weighted by Gasteiger charge is 2.14. The molecule has 39 heavy (non-hydrogen) atoms. The highest BCUT2D eigenvalue weighted by Crippen LogP contribution is 2.33. The van der Waals surface area contributed by atoms with Crippen LogP contribution in [-0.2, 0) is 0 Å². The third-order valence-corrected chi connectivity index (χ3v) is 6.76. The second-order valence-electron chi connectivity index (χ2n) is 9.31. The maximum atomic E-state index is 6.09. The molecule has 2 heterocycles. The fourth-order valence-electron chi connectivity index (χ4n) is 4.77. The summed E-state index contributed by atoms with van der Waals surface area (Å²) in [6.45, 7) is 0. The quantitative estimate of drug-likeness (QED) is 0.236. The van der Waals surface area contributed by atoms with E-state index in [0.717, 1.165) is 55.9 Å². The normalized spacial score (nSPS) is 11.1. The van der Waals surface area contributed by atoms with Crippen LogP contribution in [0.5, 0.6) is 0 Å². The number of para-hydroxylation sites is 1. The van der Waals surface area contributed by atoms with Crippen LogP contribution >= 0.6 is 0 Å². The van der Waals surface area contributed by atoms with E-state index in [1.807, 2.05) is 91.0 Å². The zero-order valence-electron chi connectivity index (χ0n) is 21.0.